The van der Waals surface area contributed by atoms with E-state index in [9.17, 15) is 9.90 Å². The summed E-state index contributed by atoms with van der Waals surface area (Å²) in [5.74, 6) is -0.791. The van der Waals surface area contributed by atoms with Crippen molar-refractivity contribution in [2.45, 2.75) is 81.2 Å². The molecule has 2 saturated heterocycles. The first kappa shape index (κ1) is 37.0. The van der Waals surface area contributed by atoms with Crippen LogP contribution >= 0.6 is 0 Å². The first-order valence-corrected chi connectivity index (χ1v) is 16.2. The number of hydrogen-bond donors (Lipinski definition) is 1. The lowest BCUT2D eigenvalue weighted by molar-refractivity contribution is -0.366. The second kappa shape index (κ2) is 18.6. The molecule has 5 rings (SSSR count). The Morgan fingerprint density at radius 3 is 1.65 bits per heavy atom. The first-order chi connectivity index (χ1) is 24.0. The van der Waals surface area contributed by atoms with Crippen molar-refractivity contribution in [1.82, 2.24) is 0 Å². The van der Waals surface area contributed by atoms with E-state index in [1.54, 1.807) is 0 Å². The molecule has 0 radical (unpaired) electrons. The fraction of sp³-hybridized carbons (Fsp3) is 0.486. The normalized spacial score (nSPS) is 30.1. The largest absolute Gasteiger partial charge is 0.467 e. The van der Waals surface area contributed by atoms with Crippen LogP contribution in [0.3, 0.4) is 0 Å². The van der Waals surface area contributed by atoms with Gasteiger partial charge in [0.1, 0.15) is 42.7 Å². The molecule has 0 amide bonds. The Bertz CT molecular complexity index is 1380. The van der Waals surface area contributed by atoms with Crippen LogP contribution < -0.4 is 0 Å². The van der Waals surface area contributed by atoms with Gasteiger partial charge in [-0.2, -0.15) is 0 Å². The lowest BCUT2D eigenvalue weighted by atomic mass is 9.96. The molecule has 3 aromatic rings. The summed E-state index contributed by atoms with van der Waals surface area (Å²) in [5.41, 5.74) is 2.85. The van der Waals surface area contributed by atoms with Gasteiger partial charge in [0, 0.05) is 21.3 Å². The quantitative estimate of drug-likeness (QED) is 0.222. The molecule has 2 fully saturated rings. The molecule has 0 spiro atoms. The standard InChI is InChI=1S/C37H46O12/c1-40-30-28(38)31(35(39)42-3)49-37(33(30)41-2)48-29-27(23-44-20-24-14-8-5-9-15-24)47-36(43-4)34(46-22-26-18-12-7-13-19-26)32(29)45-21-25-16-10-6-11-17-25/h5-19,27-34,36-38H,20-23H2,1-4H3. The van der Waals surface area contributed by atoms with E-state index >= 15 is 0 Å². The van der Waals surface area contributed by atoms with Crippen LogP contribution in [0, 0.1) is 0 Å². The Morgan fingerprint density at radius 2 is 1.14 bits per heavy atom. The zero-order chi connectivity index (χ0) is 34.6. The maximum absolute atomic E-state index is 12.7. The second-order valence-corrected chi connectivity index (χ2v) is 11.7. The molecular formula is C37H46O12. The van der Waals surface area contributed by atoms with E-state index in [4.69, 9.17) is 47.4 Å². The molecule has 12 nitrogen and oxygen atoms in total. The van der Waals surface area contributed by atoms with Crippen LogP contribution in [0.2, 0.25) is 0 Å². The van der Waals surface area contributed by atoms with E-state index in [2.05, 4.69) is 0 Å². The van der Waals surface area contributed by atoms with Crippen molar-refractivity contribution in [3.8, 4) is 0 Å². The number of esters is 1. The van der Waals surface area contributed by atoms with Gasteiger partial charge in [-0.1, -0.05) is 91.0 Å². The highest BCUT2D eigenvalue weighted by Gasteiger charge is 2.54. The number of carbonyl (C=O) groups excluding carboxylic acids is 1. The van der Waals surface area contributed by atoms with Gasteiger partial charge in [-0.25, -0.2) is 4.79 Å². The Hall–Kier alpha value is -3.27. The summed E-state index contributed by atoms with van der Waals surface area (Å²) in [7, 11) is 5.59. The summed E-state index contributed by atoms with van der Waals surface area (Å²) in [4.78, 5) is 12.7. The number of benzene rings is 3. The molecule has 266 valence electrons. The maximum Gasteiger partial charge on any atom is 0.337 e. The minimum atomic E-state index is -1.41. The third-order valence-corrected chi connectivity index (χ3v) is 8.58. The van der Waals surface area contributed by atoms with Gasteiger partial charge < -0.3 is 52.5 Å². The third kappa shape index (κ3) is 9.50. The topological polar surface area (TPSA) is 130 Å². The van der Waals surface area contributed by atoms with Gasteiger partial charge in [0.25, 0.3) is 0 Å². The van der Waals surface area contributed by atoms with E-state index in [-0.39, 0.29) is 19.8 Å². The van der Waals surface area contributed by atoms with E-state index < -0.39 is 67.4 Å². The van der Waals surface area contributed by atoms with Crippen LogP contribution in [-0.4, -0.2) is 108 Å². The minimum absolute atomic E-state index is 0.0805. The SMILES string of the molecule is COC(=O)C1OC(OC2C(COCc3ccccc3)OC(OC)C(OCc3ccccc3)C2OCc2ccccc2)C(OC)C(OC)C1O. The number of hydrogen-bond acceptors (Lipinski definition) is 12. The van der Waals surface area contributed by atoms with Crippen molar-refractivity contribution in [1.29, 1.82) is 0 Å². The van der Waals surface area contributed by atoms with Crippen molar-refractivity contribution >= 4 is 5.97 Å². The lowest BCUT2D eigenvalue weighted by Gasteiger charge is -2.48. The fourth-order valence-corrected chi connectivity index (χ4v) is 6.05. The monoisotopic (exact) mass is 682 g/mol. The van der Waals surface area contributed by atoms with Gasteiger partial charge in [0.15, 0.2) is 18.7 Å². The number of carbonyl (C=O) groups is 1. The molecule has 2 aliphatic heterocycles. The van der Waals surface area contributed by atoms with Crippen molar-refractivity contribution in [3.63, 3.8) is 0 Å². The average molecular weight is 683 g/mol. The molecule has 0 aromatic heterocycles. The van der Waals surface area contributed by atoms with Crippen molar-refractivity contribution in [2.24, 2.45) is 0 Å². The van der Waals surface area contributed by atoms with E-state index in [0.29, 0.717) is 6.61 Å². The molecule has 12 heteroatoms. The van der Waals surface area contributed by atoms with Crippen molar-refractivity contribution in [2.75, 3.05) is 35.0 Å². The number of ether oxygens (including phenoxy) is 10. The average Bonchev–Trinajstić information content (AvgIpc) is 3.15. The fourth-order valence-electron chi connectivity index (χ4n) is 6.05. The highest BCUT2D eigenvalue weighted by atomic mass is 16.8. The van der Waals surface area contributed by atoms with Gasteiger partial charge in [-0.15, -0.1) is 0 Å². The number of aliphatic hydroxyl groups excluding tert-OH is 1. The molecule has 0 saturated carbocycles. The Balaban J connectivity index is 1.48. The van der Waals surface area contributed by atoms with Crippen LogP contribution in [-0.2, 0) is 72.0 Å². The van der Waals surface area contributed by atoms with Crippen LogP contribution in [0.4, 0.5) is 0 Å². The molecule has 2 heterocycles. The highest BCUT2D eigenvalue weighted by Crippen LogP contribution is 2.35. The minimum Gasteiger partial charge on any atom is -0.467 e. The zero-order valence-corrected chi connectivity index (χ0v) is 28.2. The van der Waals surface area contributed by atoms with Gasteiger partial charge in [0.2, 0.25) is 0 Å². The van der Waals surface area contributed by atoms with E-state index in [1.807, 2.05) is 91.0 Å². The van der Waals surface area contributed by atoms with Crippen LogP contribution in [0.5, 0.6) is 0 Å². The van der Waals surface area contributed by atoms with Gasteiger partial charge in [0.05, 0.1) is 33.5 Å². The Labute approximate surface area is 287 Å². The molecular weight excluding hydrogens is 636 g/mol. The number of methoxy groups -OCH3 is 4. The summed E-state index contributed by atoms with van der Waals surface area (Å²) in [6.45, 7) is 0.855. The molecule has 10 atom stereocenters. The maximum atomic E-state index is 12.7. The number of aliphatic hydroxyl groups is 1. The van der Waals surface area contributed by atoms with Crippen molar-refractivity contribution in [3.05, 3.63) is 108 Å². The smallest absolute Gasteiger partial charge is 0.337 e. The molecule has 2 aliphatic rings. The predicted octanol–water partition coefficient (Wildman–Crippen LogP) is 3.42. The van der Waals surface area contributed by atoms with Crippen LogP contribution in [0.25, 0.3) is 0 Å². The second-order valence-electron chi connectivity index (χ2n) is 11.7. The zero-order valence-electron chi connectivity index (χ0n) is 28.2. The molecule has 0 bridgehead atoms. The lowest BCUT2D eigenvalue weighted by Crippen LogP contribution is -2.66. The molecule has 0 aliphatic carbocycles. The Kier molecular flexibility index (Phi) is 14.1. The van der Waals surface area contributed by atoms with E-state index in [1.165, 1.54) is 28.4 Å². The summed E-state index contributed by atoms with van der Waals surface area (Å²) in [6.07, 6.45) is -10.1. The van der Waals surface area contributed by atoms with E-state index in [0.717, 1.165) is 16.7 Å². The molecule has 49 heavy (non-hydrogen) atoms. The van der Waals surface area contributed by atoms with Crippen LogP contribution in [0.1, 0.15) is 16.7 Å². The van der Waals surface area contributed by atoms with Gasteiger partial charge in [-0.05, 0) is 16.7 Å². The van der Waals surface area contributed by atoms with Gasteiger partial charge >= 0.3 is 5.97 Å². The predicted molar refractivity (Wildman–Crippen MR) is 175 cm³/mol. The molecule has 10 unspecified atom stereocenters. The summed E-state index contributed by atoms with van der Waals surface area (Å²) < 4.78 is 60.7. The molecule has 3 aromatic carbocycles. The highest BCUT2D eigenvalue weighted by molar-refractivity contribution is 5.75. The Morgan fingerprint density at radius 1 is 0.612 bits per heavy atom. The number of rotatable bonds is 16. The summed E-state index contributed by atoms with van der Waals surface area (Å²) in [5, 5.41) is 11.0. The van der Waals surface area contributed by atoms with Crippen molar-refractivity contribution < 1.29 is 57.3 Å². The summed E-state index contributed by atoms with van der Waals surface area (Å²) in [6, 6.07) is 29.2. The van der Waals surface area contributed by atoms with Gasteiger partial charge in [-0.3, -0.25) is 0 Å². The summed E-state index contributed by atoms with van der Waals surface area (Å²) >= 11 is 0. The third-order valence-electron chi connectivity index (χ3n) is 8.58. The first-order valence-electron chi connectivity index (χ1n) is 16.2. The van der Waals surface area contributed by atoms with Crippen LogP contribution in [0.15, 0.2) is 91.0 Å². The molecule has 1 N–H and O–H groups in total.